The molecule has 1 aliphatic rings. The van der Waals surface area contributed by atoms with Crippen molar-refractivity contribution in [2.75, 3.05) is 5.32 Å². The maximum atomic E-state index is 9.47. The van der Waals surface area contributed by atoms with Gasteiger partial charge in [0.2, 0.25) is 5.95 Å². The zero-order valence-corrected chi connectivity index (χ0v) is 17.9. The van der Waals surface area contributed by atoms with E-state index in [1.165, 1.54) is 4.88 Å². The third kappa shape index (κ3) is 5.74. The van der Waals surface area contributed by atoms with Crippen LogP contribution in [0.4, 0.5) is 5.95 Å². The summed E-state index contributed by atoms with van der Waals surface area (Å²) >= 11 is 1.74. The lowest BCUT2D eigenvalue weighted by molar-refractivity contribution is 0.170. The average molecular weight is 389 g/mol. The number of aryl methyl sites for hydroxylation is 1. The molecule has 27 heavy (non-hydrogen) atoms. The number of thiophene rings is 1. The van der Waals surface area contributed by atoms with Gasteiger partial charge in [-0.05, 0) is 78.5 Å². The highest BCUT2D eigenvalue weighted by molar-refractivity contribution is 7.15. The molecule has 3 N–H and O–H groups in total. The van der Waals surface area contributed by atoms with Crippen LogP contribution in [-0.2, 0) is 6.42 Å². The van der Waals surface area contributed by atoms with E-state index in [2.05, 4.69) is 55.4 Å². The molecule has 0 amide bonds. The van der Waals surface area contributed by atoms with Crippen molar-refractivity contribution in [1.82, 2.24) is 15.3 Å². The Kier molecular flexibility index (Phi) is 5.89. The zero-order chi connectivity index (χ0) is 19.7. The number of aliphatic hydroxyl groups is 1. The minimum Gasteiger partial charge on any atom is -0.393 e. The maximum Gasteiger partial charge on any atom is 0.223 e. The predicted molar refractivity (Wildman–Crippen MR) is 113 cm³/mol. The summed E-state index contributed by atoms with van der Waals surface area (Å²) < 4.78 is 0. The lowest BCUT2D eigenvalue weighted by Crippen LogP contribution is -2.60. The summed E-state index contributed by atoms with van der Waals surface area (Å²) in [6.07, 6.45) is 5.33. The Morgan fingerprint density at radius 1 is 1.22 bits per heavy atom. The number of hydrogen-bond acceptors (Lipinski definition) is 6. The fourth-order valence-corrected chi connectivity index (χ4v) is 5.17. The molecule has 1 fully saturated rings. The molecule has 0 aromatic carbocycles. The third-order valence-electron chi connectivity index (χ3n) is 4.90. The van der Waals surface area contributed by atoms with E-state index in [-0.39, 0.29) is 17.2 Å². The van der Waals surface area contributed by atoms with Crippen molar-refractivity contribution in [2.45, 2.75) is 83.5 Å². The van der Waals surface area contributed by atoms with Gasteiger partial charge in [-0.3, -0.25) is 0 Å². The molecule has 0 spiro atoms. The Morgan fingerprint density at radius 3 is 2.59 bits per heavy atom. The SMILES string of the molecule is CC(O)CCc1ccc(-c2ccnc(NC3CC(C)(C)NC(C)(C)C3)n2)s1. The van der Waals surface area contributed by atoms with E-state index in [0.717, 1.165) is 36.3 Å². The van der Waals surface area contributed by atoms with Crippen molar-refractivity contribution < 1.29 is 5.11 Å². The van der Waals surface area contributed by atoms with Gasteiger partial charge in [-0.1, -0.05) is 0 Å². The molecule has 6 heteroatoms. The molecule has 1 atom stereocenters. The van der Waals surface area contributed by atoms with Crippen LogP contribution >= 0.6 is 11.3 Å². The number of hydrogen-bond donors (Lipinski definition) is 3. The van der Waals surface area contributed by atoms with Gasteiger partial charge in [0.15, 0.2) is 0 Å². The number of anilines is 1. The summed E-state index contributed by atoms with van der Waals surface area (Å²) in [6, 6.07) is 6.56. The Bertz CT molecular complexity index is 753. The smallest absolute Gasteiger partial charge is 0.223 e. The first kappa shape index (κ1) is 20.2. The standard InChI is InChI=1S/C21H32N4OS/c1-14(26)6-7-16-8-9-18(27-16)17-10-11-22-19(24-17)23-15-12-20(2,3)25-21(4,5)13-15/h8-11,14-15,25-26H,6-7,12-13H2,1-5H3,(H,22,23,24). The van der Waals surface area contributed by atoms with Gasteiger partial charge in [-0.25, -0.2) is 9.97 Å². The van der Waals surface area contributed by atoms with E-state index >= 15 is 0 Å². The van der Waals surface area contributed by atoms with Crippen LogP contribution in [0.1, 0.15) is 58.8 Å². The molecule has 1 saturated heterocycles. The van der Waals surface area contributed by atoms with Crippen LogP contribution in [-0.4, -0.2) is 38.3 Å². The minimum atomic E-state index is -0.260. The van der Waals surface area contributed by atoms with Gasteiger partial charge in [-0.2, -0.15) is 0 Å². The number of nitrogens with one attached hydrogen (secondary N) is 2. The monoisotopic (exact) mass is 388 g/mol. The van der Waals surface area contributed by atoms with Crippen LogP contribution in [0.5, 0.6) is 0 Å². The van der Waals surface area contributed by atoms with Crippen LogP contribution in [0.25, 0.3) is 10.6 Å². The molecule has 1 aliphatic heterocycles. The molecule has 2 aromatic heterocycles. The average Bonchev–Trinajstić information content (AvgIpc) is 2.99. The quantitative estimate of drug-likeness (QED) is 0.690. The molecule has 0 radical (unpaired) electrons. The number of rotatable bonds is 6. The Morgan fingerprint density at radius 2 is 1.93 bits per heavy atom. The number of aliphatic hydroxyl groups excluding tert-OH is 1. The van der Waals surface area contributed by atoms with Crippen LogP contribution in [0, 0.1) is 0 Å². The van der Waals surface area contributed by atoms with Crippen molar-refractivity contribution in [3.05, 3.63) is 29.3 Å². The van der Waals surface area contributed by atoms with E-state index < -0.39 is 0 Å². The van der Waals surface area contributed by atoms with E-state index in [9.17, 15) is 5.11 Å². The first-order chi connectivity index (χ1) is 12.6. The summed E-state index contributed by atoms with van der Waals surface area (Å²) in [5, 5.41) is 16.7. The Labute approximate surface area is 166 Å². The Balaban J connectivity index is 1.71. The lowest BCUT2D eigenvalue weighted by atomic mass is 9.80. The largest absolute Gasteiger partial charge is 0.393 e. The van der Waals surface area contributed by atoms with Gasteiger partial charge in [-0.15, -0.1) is 11.3 Å². The second-order valence-corrected chi connectivity index (χ2v) is 10.2. The summed E-state index contributed by atoms with van der Waals surface area (Å²) in [5.41, 5.74) is 1.13. The van der Waals surface area contributed by atoms with Gasteiger partial charge >= 0.3 is 0 Å². The molecule has 5 nitrogen and oxygen atoms in total. The molecular formula is C21H32N4OS. The Hall–Kier alpha value is -1.50. The predicted octanol–water partition coefficient (Wildman–Crippen LogP) is 4.24. The van der Waals surface area contributed by atoms with Crippen molar-refractivity contribution in [3.63, 3.8) is 0 Å². The first-order valence-electron chi connectivity index (χ1n) is 9.78. The van der Waals surface area contributed by atoms with Crippen molar-refractivity contribution in [2.24, 2.45) is 0 Å². The second-order valence-electron chi connectivity index (χ2n) is 9.06. The number of aromatic nitrogens is 2. The van der Waals surface area contributed by atoms with Crippen molar-refractivity contribution in [1.29, 1.82) is 0 Å². The fourth-order valence-electron chi connectivity index (χ4n) is 4.17. The first-order valence-corrected chi connectivity index (χ1v) is 10.6. The molecule has 3 heterocycles. The lowest BCUT2D eigenvalue weighted by Gasteiger charge is -2.46. The highest BCUT2D eigenvalue weighted by Crippen LogP contribution is 2.31. The summed E-state index contributed by atoms with van der Waals surface area (Å²) in [4.78, 5) is 11.6. The minimum absolute atomic E-state index is 0.0868. The summed E-state index contributed by atoms with van der Waals surface area (Å²) in [6.45, 7) is 10.8. The molecule has 0 saturated carbocycles. The van der Waals surface area contributed by atoms with E-state index in [0.29, 0.717) is 12.0 Å². The fraction of sp³-hybridized carbons (Fsp3) is 0.619. The normalized spacial score (nSPS) is 20.4. The summed E-state index contributed by atoms with van der Waals surface area (Å²) in [5.74, 6) is 0.699. The second kappa shape index (κ2) is 7.86. The highest BCUT2D eigenvalue weighted by Gasteiger charge is 2.37. The molecule has 2 aromatic rings. The third-order valence-corrected chi connectivity index (χ3v) is 6.07. The van der Waals surface area contributed by atoms with Crippen LogP contribution < -0.4 is 10.6 Å². The molecule has 1 unspecified atom stereocenters. The van der Waals surface area contributed by atoms with Gasteiger partial charge in [0.25, 0.3) is 0 Å². The van der Waals surface area contributed by atoms with Crippen molar-refractivity contribution >= 4 is 17.3 Å². The number of nitrogens with zero attached hydrogens (tertiary/aromatic N) is 2. The van der Waals surface area contributed by atoms with Gasteiger partial charge < -0.3 is 15.7 Å². The van der Waals surface area contributed by atoms with E-state index in [4.69, 9.17) is 4.98 Å². The molecule has 3 rings (SSSR count). The van der Waals surface area contributed by atoms with Crippen LogP contribution in [0.15, 0.2) is 24.4 Å². The van der Waals surface area contributed by atoms with Gasteiger partial charge in [0, 0.05) is 28.2 Å². The van der Waals surface area contributed by atoms with Gasteiger partial charge in [0.1, 0.15) is 0 Å². The molecule has 0 aliphatic carbocycles. The topological polar surface area (TPSA) is 70.1 Å². The highest BCUT2D eigenvalue weighted by atomic mass is 32.1. The molecule has 148 valence electrons. The molecular weight excluding hydrogens is 356 g/mol. The van der Waals surface area contributed by atoms with E-state index in [1.54, 1.807) is 11.3 Å². The van der Waals surface area contributed by atoms with Crippen LogP contribution in [0.3, 0.4) is 0 Å². The van der Waals surface area contributed by atoms with Gasteiger partial charge in [0.05, 0.1) is 16.7 Å². The van der Waals surface area contributed by atoms with Crippen LogP contribution in [0.2, 0.25) is 0 Å². The summed E-state index contributed by atoms with van der Waals surface area (Å²) in [7, 11) is 0. The number of piperidine rings is 1. The maximum absolute atomic E-state index is 9.47. The zero-order valence-electron chi connectivity index (χ0n) is 17.0. The molecule has 0 bridgehead atoms. The van der Waals surface area contributed by atoms with Crippen molar-refractivity contribution in [3.8, 4) is 10.6 Å². The van der Waals surface area contributed by atoms with E-state index in [1.807, 2.05) is 19.2 Å².